The summed E-state index contributed by atoms with van der Waals surface area (Å²) in [6.45, 7) is 2.10. The summed E-state index contributed by atoms with van der Waals surface area (Å²) in [4.78, 5) is 0.258. The monoisotopic (exact) mass is 269 g/mol. The number of nitrogen functional groups attached to an aromatic ring is 1. The molecular weight excluding hydrogens is 250 g/mol. The number of nitrogens with one attached hydrogen (secondary N) is 1. The molecule has 1 aromatic carbocycles. The number of benzene rings is 1. The molecule has 1 aliphatic rings. The fraction of sp³-hybridized carbons (Fsp3) is 0.500. The molecule has 0 spiro atoms. The van der Waals surface area contributed by atoms with Crippen molar-refractivity contribution in [3.8, 4) is 0 Å². The third kappa shape index (κ3) is 2.44. The number of rotatable bonds is 4. The highest BCUT2D eigenvalue weighted by atomic mass is 32.2. The average molecular weight is 269 g/mol. The first-order valence-electron chi connectivity index (χ1n) is 5.85. The van der Waals surface area contributed by atoms with E-state index in [1.807, 2.05) is 0 Å². The second-order valence-electron chi connectivity index (χ2n) is 5.22. The summed E-state index contributed by atoms with van der Waals surface area (Å²) in [5.74, 6) is 0. The van der Waals surface area contributed by atoms with Gasteiger partial charge in [0.25, 0.3) is 0 Å². The SMILES string of the molecule is CN(C)S(=O)(=O)c1ccc(N)c(NC2(C)CC2)c1. The minimum atomic E-state index is -3.41. The first-order valence-corrected chi connectivity index (χ1v) is 7.29. The van der Waals surface area contributed by atoms with Gasteiger partial charge < -0.3 is 11.1 Å². The van der Waals surface area contributed by atoms with Gasteiger partial charge in [0.15, 0.2) is 0 Å². The largest absolute Gasteiger partial charge is 0.397 e. The van der Waals surface area contributed by atoms with Crippen molar-refractivity contribution in [2.45, 2.75) is 30.2 Å². The Morgan fingerprint density at radius 2 is 1.94 bits per heavy atom. The van der Waals surface area contributed by atoms with E-state index in [1.54, 1.807) is 12.1 Å². The van der Waals surface area contributed by atoms with Crippen molar-refractivity contribution < 1.29 is 8.42 Å². The van der Waals surface area contributed by atoms with Gasteiger partial charge in [-0.1, -0.05) is 0 Å². The predicted molar refractivity (Wildman–Crippen MR) is 73.0 cm³/mol. The smallest absolute Gasteiger partial charge is 0.242 e. The minimum Gasteiger partial charge on any atom is -0.397 e. The molecule has 0 aromatic heterocycles. The van der Waals surface area contributed by atoms with E-state index in [9.17, 15) is 8.42 Å². The van der Waals surface area contributed by atoms with Crippen LogP contribution in [0.15, 0.2) is 23.1 Å². The Morgan fingerprint density at radius 3 is 2.44 bits per heavy atom. The van der Waals surface area contributed by atoms with Crippen molar-refractivity contribution in [1.29, 1.82) is 0 Å². The van der Waals surface area contributed by atoms with Crippen molar-refractivity contribution in [1.82, 2.24) is 4.31 Å². The summed E-state index contributed by atoms with van der Waals surface area (Å²) >= 11 is 0. The van der Waals surface area contributed by atoms with Gasteiger partial charge in [0.05, 0.1) is 16.3 Å². The van der Waals surface area contributed by atoms with Crippen LogP contribution in [0, 0.1) is 0 Å². The fourth-order valence-electron chi connectivity index (χ4n) is 1.65. The van der Waals surface area contributed by atoms with Crippen molar-refractivity contribution in [2.75, 3.05) is 25.1 Å². The standard InChI is InChI=1S/C12H19N3O2S/c1-12(6-7-12)14-11-8-9(4-5-10(11)13)18(16,17)15(2)3/h4-5,8,14H,6-7,13H2,1-3H3. The summed E-state index contributed by atoms with van der Waals surface area (Å²) < 4.78 is 25.3. The van der Waals surface area contributed by atoms with Crippen LogP contribution in [0.5, 0.6) is 0 Å². The first-order chi connectivity index (χ1) is 8.24. The number of nitrogens with zero attached hydrogens (tertiary/aromatic N) is 1. The van der Waals surface area contributed by atoms with E-state index in [0.717, 1.165) is 12.8 Å². The van der Waals surface area contributed by atoms with Gasteiger partial charge >= 0.3 is 0 Å². The van der Waals surface area contributed by atoms with Crippen LogP contribution in [0.4, 0.5) is 11.4 Å². The lowest BCUT2D eigenvalue weighted by Crippen LogP contribution is -2.23. The Kier molecular flexibility index (Phi) is 3.03. The van der Waals surface area contributed by atoms with E-state index in [1.165, 1.54) is 24.5 Å². The molecule has 1 aliphatic carbocycles. The molecule has 1 fully saturated rings. The van der Waals surface area contributed by atoms with E-state index >= 15 is 0 Å². The normalized spacial score (nSPS) is 17.8. The molecule has 6 heteroatoms. The molecule has 0 bridgehead atoms. The second-order valence-corrected chi connectivity index (χ2v) is 7.37. The Morgan fingerprint density at radius 1 is 1.33 bits per heavy atom. The molecule has 5 nitrogen and oxygen atoms in total. The number of anilines is 2. The van der Waals surface area contributed by atoms with Crippen molar-refractivity contribution in [2.24, 2.45) is 0 Å². The topological polar surface area (TPSA) is 75.4 Å². The molecule has 0 atom stereocenters. The predicted octanol–water partition coefficient (Wildman–Crippen LogP) is 1.48. The van der Waals surface area contributed by atoms with Crippen molar-refractivity contribution >= 4 is 21.4 Å². The van der Waals surface area contributed by atoms with E-state index < -0.39 is 10.0 Å². The summed E-state index contributed by atoms with van der Waals surface area (Å²) in [7, 11) is -0.384. The van der Waals surface area contributed by atoms with Crippen LogP contribution >= 0.6 is 0 Å². The Hall–Kier alpha value is -1.27. The number of nitrogens with two attached hydrogens (primary N) is 1. The Bertz CT molecular complexity index is 563. The quantitative estimate of drug-likeness (QED) is 0.812. The third-order valence-corrected chi connectivity index (χ3v) is 5.05. The van der Waals surface area contributed by atoms with Crippen LogP contribution in [-0.4, -0.2) is 32.4 Å². The van der Waals surface area contributed by atoms with Crippen LogP contribution in [0.2, 0.25) is 0 Å². The lowest BCUT2D eigenvalue weighted by molar-refractivity contribution is 0.521. The van der Waals surface area contributed by atoms with E-state index in [-0.39, 0.29) is 10.4 Å². The molecule has 1 aromatic rings. The maximum Gasteiger partial charge on any atom is 0.242 e. The van der Waals surface area contributed by atoms with E-state index in [2.05, 4.69) is 12.2 Å². The van der Waals surface area contributed by atoms with Crippen molar-refractivity contribution in [3.05, 3.63) is 18.2 Å². The zero-order valence-electron chi connectivity index (χ0n) is 10.9. The molecule has 0 aliphatic heterocycles. The maximum atomic E-state index is 12.0. The van der Waals surface area contributed by atoms with Gasteiger partial charge in [-0.15, -0.1) is 0 Å². The highest BCUT2D eigenvalue weighted by molar-refractivity contribution is 7.89. The number of hydrogen-bond donors (Lipinski definition) is 2. The molecule has 0 unspecified atom stereocenters. The van der Waals surface area contributed by atoms with Gasteiger partial charge in [-0.3, -0.25) is 0 Å². The fourth-order valence-corrected chi connectivity index (χ4v) is 2.58. The summed E-state index contributed by atoms with van der Waals surface area (Å²) in [5.41, 5.74) is 7.20. The summed E-state index contributed by atoms with van der Waals surface area (Å²) in [5, 5.41) is 3.30. The number of sulfonamides is 1. The molecule has 0 radical (unpaired) electrons. The molecular formula is C12H19N3O2S. The van der Waals surface area contributed by atoms with Crippen LogP contribution in [0.25, 0.3) is 0 Å². The molecule has 1 saturated carbocycles. The van der Waals surface area contributed by atoms with Gasteiger partial charge in [-0.05, 0) is 38.0 Å². The van der Waals surface area contributed by atoms with Gasteiger partial charge in [-0.2, -0.15) is 0 Å². The maximum absolute atomic E-state index is 12.0. The Labute approximate surface area is 108 Å². The first kappa shape index (κ1) is 13.2. The highest BCUT2D eigenvalue weighted by Crippen LogP contribution is 2.40. The third-order valence-electron chi connectivity index (χ3n) is 3.24. The minimum absolute atomic E-state index is 0.0641. The zero-order valence-corrected chi connectivity index (χ0v) is 11.7. The van der Waals surface area contributed by atoms with Gasteiger partial charge in [0.2, 0.25) is 10.0 Å². The lowest BCUT2D eigenvalue weighted by atomic mass is 10.2. The van der Waals surface area contributed by atoms with Crippen LogP contribution in [0.3, 0.4) is 0 Å². The average Bonchev–Trinajstić information content (AvgIpc) is 2.99. The number of hydrogen-bond acceptors (Lipinski definition) is 4. The molecule has 0 amide bonds. The van der Waals surface area contributed by atoms with E-state index in [4.69, 9.17) is 5.73 Å². The van der Waals surface area contributed by atoms with Gasteiger partial charge in [0, 0.05) is 19.6 Å². The molecule has 3 N–H and O–H groups in total. The lowest BCUT2D eigenvalue weighted by Gasteiger charge is -2.17. The zero-order chi connectivity index (χ0) is 13.6. The summed E-state index contributed by atoms with van der Waals surface area (Å²) in [6.07, 6.45) is 2.16. The van der Waals surface area contributed by atoms with Crippen LogP contribution in [-0.2, 0) is 10.0 Å². The van der Waals surface area contributed by atoms with Gasteiger partial charge in [-0.25, -0.2) is 12.7 Å². The van der Waals surface area contributed by atoms with E-state index in [0.29, 0.717) is 11.4 Å². The Balaban J connectivity index is 2.37. The van der Waals surface area contributed by atoms with Crippen LogP contribution < -0.4 is 11.1 Å². The molecule has 18 heavy (non-hydrogen) atoms. The second kappa shape index (κ2) is 4.13. The molecule has 2 rings (SSSR count). The van der Waals surface area contributed by atoms with Crippen LogP contribution in [0.1, 0.15) is 19.8 Å². The van der Waals surface area contributed by atoms with Gasteiger partial charge in [0.1, 0.15) is 0 Å². The molecule has 0 heterocycles. The highest BCUT2D eigenvalue weighted by Gasteiger charge is 2.37. The summed E-state index contributed by atoms with van der Waals surface area (Å²) in [6, 6.07) is 4.77. The molecule has 0 saturated heterocycles. The van der Waals surface area contributed by atoms with Crippen molar-refractivity contribution in [3.63, 3.8) is 0 Å². The molecule has 100 valence electrons.